The van der Waals surface area contributed by atoms with Gasteiger partial charge in [-0.25, -0.2) is 4.79 Å². The quantitative estimate of drug-likeness (QED) is 0.427. The summed E-state index contributed by atoms with van der Waals surface area (Å²) in [5.74, 6) is 1.65. The van der Waals surface area contributed by atoms with Crippen LogP contribution in [0, 0.1) is 0 Å². The minimum atomic E-state index is -0.834. The number of nitrogens with one attached hydrogen (secondary N) is 3. The van der Waals surface area contributed by atoms with E-state index in [0.717, 1.165) is 12.8 Å². The van der Waals surface area contributed by atoms with Gasteiger partial charge in [-0.05, 0) is 31.4 Å². The van der Waals surface area contributed by atoms with Crippen molar-refractivity contribution in [2.75, 3.05) is 26.5 Å². The Labute approximate surface area is 176 Å². The van der Waals surface area contributed by atoms with Crippen LogP contribution in [0.5, 0.6) is 17.2 Å². The zero-order valence-corrected chi connectivity index (χ0v) is 17.2. The van der Waals surface area contributed by atoms with Crippen molar-refractivity contribution in [1.82, 2.24) is 16.0 Å². The first kappa shape index (κ1) is 22.0. The fraction of sp³-hybridized carbons (Fsp3) is 0.619. The predicted molar refractivity (Wildman–Crippen MR) is 110 cm³/mol. The second kappa shape index (κ2) is 11.5. The first-order chi connectivity index (χ1) is 14.6. The fourth-order valence-corrected chi connectivity index (χ4v) is 3.47. The van der Waals surface area contributed by atoms with Gasteiger partial charge in [-0.3, -0.25) is 4.79 Å². The Kier molecular flexibility index (Phi) is 8.43. The van der Waals surface area contributed by atoms with E-state index in [1.807, 2.05) is 0 Å². The number of hydrogen-bond acceptors (Lipinski definition) is 6. The molecule has 166 valence electrons. The lowest BCUT2D eigenvalue weighted by Crippen LogP contribution is -2.43. The molecule has 4 N–H and O–H groups in total. The molecule has 1 unspecified atom stereocenters. The summed E-state index contributed by atoms with van der Waals surface area (Å²) in [5.41, 5.74) is 0. The molecule has 3 rings (SSSR count). The number of rotatable bonds is 10. The molecule has 1 atom stereocenters. The zero-order chi connectivity index (χ0) is 21.2. The van der Waals surface area contributed by atoms with E-state index >= 15 is 0 Å². The Morgan fingerprint density at radius 1 is 1.13 bits per heavy atom. The van der Waals surface area contributed by atoms with E-state index in [-0.39, 0.29) is 44.3 Å². The number of carbonyl (C=O) groups excluding carboxylic acids is 2. The SMILES string of the molecule is O=C(CCCNC(=O)NC1CCCCC1)NCC(O)COc1ccc2c(c1)OCO2. The molecule has 1 saturated carbocycles. The minimum Gasteiger partial charge on any atom is -0.491 e. The monoisotopic (exact) mass is 421 g/mol. The maximum absolute atomic E-state index is 11.9. The van der Waals surface area contributed by atoms with Crippen molar-refractivity contribution in [3.8, 4) is 17.2 Å². The van der Waals surface area contributed by atoms with E-state index in [0.29, 0.717) is 30.2 Å². The molecule has 0 bridgehead atoms. The van der Waals surface area contributed by atoms with E-state index < -0.39 is 6.10 Å². The lowest BCUT2D eigenvalue weighted by atomic mass is 9.96. The summed E-state index contributed by atoms with van der Waals surface area (Å²) in [4.78, 5) is 23.7. The Bertz CT molecular complexity index is 708. The van der Waals surface area contributed by atoms with Crippen LogP contribution in [0.15, 0.2) is 18.2 Å². The molecule has 1 aliphatic carbocycles. The summed E-state index contributed by atoms with van der Waals surface area (Å²) in [5, 5.41) is 18.4. The molecule has 3 amide bonds. The molecular formula is C21H31N3O6. The Morgan fingerprint density at radius 2 is 1.93 bits per heavy atom. The molecule has 1 heterocycles. The highest BCUT2D eigenvalue weighted by Gasteiger charge is 2.16. The first-order valence-corrected chi connectivity index (χ1v) is 10.6. The Balaban J connectivity index is 1.21. The number of aliphatic hydroxyl groups is 1. The van der Waals surface area contributed by atoms with Gasteiger partial charge in [0, 0.05) is 31.6 Å². The molecule has 1 fully saturated rings. The first-order valence-electron chi connectivity index (χ1n) is 10.6. The second-order valence-corrected chi connectivity index (χ2v) is 7.62. The van der Waals surface area contributed by atoms with Crippen molar-refractivity contribution in [2.45, 2.75) is 57.1 Å². The van der Waals surface area contributed by atoms with Crippen LogP contribution >= 0.6 is 0 Å². The molecule has 0 aromatic heterocycles. The number of carbonyl (C=O) groups is 2. The van der Waals surface area contributed by atoms with Gasteiger partial charge in [0.25, 0.3) is 0 Å². The average Bonchev–Trinajstić information content (AvgIpc) is 3.22. The molecule has 0 radical (unpaired) electrons. The molecule has 0 saturated heterocycles. The highest BCUT2D eigenvalue weighted by Crippen LogP contribution is 2.35. The largest absolute Gasteiger partial charge is 0.491 e. The third-order valence-electron chi connectivity index (χ3n) is 5.13. The average molecular weight is 421 g/mol. The number of urea groups is 1. The van der Waals surface area contributed by atoms with Crippen molar-refractivity contribution in [1.29, 1.82) is 0 Å². The van der Waals surface area contributed by atoms with Crippen LogP contribution in [0.3, 0.4) is 0 Å². The molecule has 2 aliphatic rings. The van der Waals surface area contributed by atoms with Gasteiger partial charge < -0.3 is 35.3 Å². The fourth-order valence-electron chi connectivity index (χ4n) is 3.47. The molecule has 9 heteroatoms. The van der Waals surface area contributed by atoms with E-state index in [2.05, 4.69) is 16.0 Å². The summed E-state index contributed by atoms with van der Waals surface area (Å²) in [6.45, 7) is 0.762. The van der Waals surface area contributed by atoms with Crippen LogP contribution in [-0.2, 0) is 4.79 Å². The number of ether oxygens (including phenoxy) is 3. The molecule has 0 spiro atoms. The third-order valence-corrected chi connectivity index (χ3v) is 5.13. The third kappa shape index (κ3) is 7.29. The van der Waals surface area contributed by atoms with Crippen molar-refractivity contribution in [2.24, 2.45) is 0 Å². The van der Waals surface area contributed by atoms with Gasteiger partial charge in [0.15, 0.2) is 11.5 Å². The van der Waals surface area contributed by atoms with Crippen LogP contribution in [-0.4, -0.2) is 55.7 Å². The molecule has 30 heavy (non-hydrogen) atoms. The van der Waals surface area contributed by atoms with Crippen molar-refractivity contribution >= 4 is 11.9 Å². The van der Waals surface area contributed by atoms with Gasteiger partial charge in [-0.2, -0.15) is 0 Å². The van der Waals surface area contributed by atoms with Crippen LogP contribution in [0.4, 0.5) is 4.79 Å². The van der Waals surface area contributed by atoms with Gasteiger partial charge in [0.05, 0.1) is 0 Å². The highest BCUT2D eigenvalue weighted by molar-refractivity contribution is 5.76. The summed E-state index contributed by atoms with van der Waals surface area (Å²) < 4.78 is 16.0. The van der Waals surface area contributed by atoms with Gasteiger partial charge in [0.2, 0.25) is 12.7 Å². The normalized spacial score (nSPS) is 16.6. The van der Waals surface area contributed by atoms with Crippen LogP contribution in [0.25, 0.3) is 0 Å². The Morgan fingerprint density at radius 3 is 2.77 bits per heavy atom. The van der Waals surface area contributed by atoms with Gasteiger partial charge in [0.1, 0.15) is 18.5 Å². The van der Waals surface area contributed by atoms with E-state index in [1.165, 1.54) is 19.3 Å². The number of amides is 3. The Hall–Kier alpha value is -2.68. The van der Waals surface area contributed by atoms with Gasteiger partial charge in [-0.15, -0.1) is 0 Å². The van der Waals surface area contributed by atoms with Crippen molar-refractivity contribution in [3.63, 3.8) is 0 Å². The molecule has 9 nitrogen and oxygen atoms in total. The number of hydrogen-bond donors (Lipinski definition) is 4. The number of benzene rings is 1. The van der Waals surface area contributed by atoms with Gasteiger partial charge >= 0.3 is 6.03 Å². The molecule has 1 aromatic carbocycles. The summed E-state index contributed by atoms with van der Waals surface area (Å²) >= 11 is 0. The number of fused-ring (bicyclic) bond motifs is 1. The molecule has 1 aromatic rings. The molecule has 1 aliphatic heterocycles. The molecular weight excluding hydrogens is 390 g/mol. The standard InChI is InChI=1S/C21H31N3O6/c25-16(13-28-17-8-9-18-19(11-17)30-14-29-18)12-23-20(26)7-4-10-22-21(27)24-15-5-2-1-3-6-15/h8-9,11,15-16,25H,1-7,10,12-14H2,(H,23,26)(H2,22,24,27). The lowest BCUT2D eigenvalue weighted by Gasteiger charge is -2.22. The minimum absolute atomic E-state index is 0.0445. The lowest BCUT2D eigenvalue weighted by molar-refractivity contribution is -0.121. The van der Waals surface area contributed by atoms with E-state index in [4.69, 9.17) is 14.2 Å². The van der Waals surface area contributed by atoms with Crippen LogP contribution in [0.1, 0.15) is 44.9 Å². The maximum atomic E-state index is 11.9. The van der Waals surface area contributed by atoms with Gasteiger partial charge in [-0.1, -0.05) is 19.3 Å². The smallest absolute Gasteiger partial charge is 0.315 e. The summed E-state index contributed by atoms with van der Waals surface area (Å²) in [6, 6.07) is 5.28. The van der Waals surface area contributed by atoms with Crippen LogP contribution < -0.4 is 30.2 Å². The van der Waals surface area contributed by atoms with E-state index in [1.54, 1.807) is 18.2 Å². The topological polar surface area (TPSA) is 118 Å². The summed E-state index contributed by atoms with van der Waals surface area (Å²) in [7, 11) is 0. The maximum Gasteiger partial charge on any atom is 0.315 e. The van der Waals surface area contributed by atoms with E-state index in [9.17, 15) is 14.7 Å². The van der Waals surface area contributed by atoms with Crippen molar-refractivity contribution in [3.05, 3.63) is 18.2 Å². The number of aliphatic hydroxyl groups excluding tert-OH is 1. The second-order valence-electron chi connectivity index (χ2n) is 7.62. The van der Waals surface area contributed by atoms with Crippen molar-refractivity contribution < 1.29 is 28.9 Å². The summed E-state index contributed by atoms with van der Waals surface area (Å²) in [6.07, 6.45) is 5.63. The van der Waals surface area contributed by atoms with Crippen LogP contribution in [0.2, 0.25) is 0 Å². The zero-order valence-electron chi connectivity index (χ0n) is 17.2. The predicted octanol–water partition coefficient (Wildman–Crippen LogP) is 1.68. The highest BCUT2D eigenvalue weighted by atomic mass is 16.7.